The van der Waals surface area contributed by atoms with E-state index in [2.05, 4.69) is 23.8 Å². The SMILES string of the molecule is CC1CN(C)CC(CCC(=O)O)N1C1CC1. The summed E-state index contributed by atoms with van der Waals surface area (Å²) in [7, 11) is 2.13. The molecule has 0 spiro atoms. The van der Waals surface area contributed by atoms with Gasteiger partial charge < -0.3 is 10.0 Å². The lowest BCUT2D eigenvalue weighted by Gasteiger charge is -2.45. The minimum Gasteiger partial charge on any atom is -0.481 e. The molecule has 2 unspecified atom stereocenters. The molecule has 2 atom stereocenters. The van der Waals surface area contributed by atoms with Gasteiger partial charge in [-0.15, -0.1) is 0 Å². The van der Waals surface area contributed by atoms with Crippen LogP contribution in [0.3, 0.4) is 0 Å². The fourth-order valence-corrected chi connectivity index (χ4v) is 2.99. The first-order valence-corrected chi connectivity index (χ1v) is 6.25. The number of piperazine rings is 1. The molecule has 0 amide bonds. The Bertz CT molecular complexity index is 266. The number of rotatable bonds is 4. The zero-order valence-corrected chi connectivity index (χ0v) is 10.2. The third-order valence-corrected chi connectivity index (χ3v) is 3.69. The zero-order chi connectivity index (χ0) is 11.7. The average Bonchev–Trinajstić information content (AvgIpc) is 2.97. The first-order valence-electron chi connectivity index (χ1n) is 6.25. The van der Waals surface area contributed by atoms with E-state index in [0.29, 0.717) is 18.5 Å². The van der Waals surface area contributed by atoms with Crippen LogP contribution in [-0.4, -0.2) is 59.1 Å². The molecule has 2 aliphatic rings. The van der Waals surface area contributed by atoms with Crippen molar-refractivity contribution >= 4 is 5.97 Å². The topological polar surface area (TPSA) is 43.8 Å². The van der Waals surface area contributed by atoms with Gasteiger partial charge in [0.2, 0.25) is 0 Å². The maximum absolute atomic E-state index is 10.7. The van der Waals surface area contributed by atoms with Gasteiger partial charge in [0, 0.05) is 37.6 Å². The van der Waals surface area contributed by atoms with E-state index < -0.39 is 5.97 Å². The van der Waals surface area contributed by atoms with Crippen molar-refractivity contribution in [2.45, 2.75) is 50.7 Å². The fourth-order valence-electron chi connectivity index (χ4n) is 2.99. The van der Waals surface area contributed by atoms with E-state index in [-0.39, 0.29) is 0 Å². The summed E-state index contributed by atoms with van der Waals surface area (Å²) in [5, 5.41) is 8.78. The van der Waals surface area contributed by atoms with Crippen molar-refractivity contribution in [2.24, 2.45) is 0 Å². The summed E-state index contributed by atoms with van der Waals surface area (Å²) < 4.78 is 0. The smallest absolute Gasteiger partial charge is 0.303 e. The molecule has 1 heterocycles. The second kappa shape index (κ2) is 4.72. The van der Waals surface area contributed by atoms with Crippen LogP contribution in [0.15, 0.2) is 0 Å². The molecule has 0 aromatic rings. The summed E-state index contributed by atoms with van der Waals surface area (Å²) in [6.07, 6.45) is 3.70. The van der Waals surface area contributed by atoms with Crippen molar-refractivity contribution in [3.63, 3.8) is 0 Å². The standard InChI is InChI=1S/C12H22N2O2/c1-9-7-13(2)8-11(5-6-12(15)16)14(9)10-3-4-10/h9-11H,3-8H2,1-2H3,(H,15,16). The van der Waals surface area contributed by atoms with Gasteiger partial charge in [0.05, 0.1) is 0 Å². The van der Waals surface area contributed by atoms with E-state index in [1.54, 1.807) is 0 Å². The molecule has 1 saturated heterocycles. The predicted molar refractivity (Wildman–Crippen MR) is 62.5 cm³/mol. The van der Waals surface area contributed by atoms with Crippen molar-refractivity contribution in [1.82, 2.24) is 9.80 Å². The largest absolute Gasteiger partial charge is 0.481 e. The van der Waals surface area contributed by atoms with Crippen LogP contribution in [0.4, 0.5) is 0 Å². The fraction of sp³-hybridized carbons (Fsp3) is 0.917. The minimum atomic E-state index is -0.670. The normalized spacial score (nSPS) is 32.9. The van der Waals surface area contributed by atoms with Crippen LogP contribution in [0.25, 0.3) is 0 Å². The van der Waals surface area contributed by atoms with Gasteiger partial charge in [-0.3, -0.25) is 9.69 Å². The van der Waals surface area contributed by atoms with Crippen LogP contribution in [0, 0.1) is 0 Å². The lowest BCUT2D eigenvalue weighted by molar-refractivity contribution is -0.137. The molecule has 4 heteroatoms. The Hall–Kier alpha value is -0.610. The van der Waals surface area contributed by atoms with Crippen LogP contribution in [0.1, 0.15) is 32.6 Å². The number of hydrogen-bond acceptors (Lipinski definition) is 3. The average molecular weight is 226 g/mol. The number of nitrogens with zero attached hydrogens (tertiary/aromatic N) is 2. The number of carbonyl (C=O) groups is 1. The Labute approximate surface area is 97.2 Å². The van der Waals surface area contributed by atoms with Crippen molar-refractivity contribution in [3.8, 4) is 0 Å². The lowest BCUT2D eigenvalue weighted by Crippen LogP contribution is -2.57. The predicted octanol–water partition coefficient (Wildman–Crippen LogP) is 1.02. The third kappa shape index (κ3) is 2.74. The Morgan fingerprint density at radius 3 is 2.62 bits per heavy atom. The van der Waals surface area contributed by atoms with Crippen LogP contribution in [0.2, 0.25) is 0 Å². The number of hydrogen-bond donors (Lipinski definition) is 1. The summed E-state index contributed by atoms with van der Waals surface area (Å²) in [6.45, 7) is 4.40. The van der Waals surface area contributed by atoms with Crippen LogP contribution in [0.5, 0.6) is 0 Å². The Kier molecular flexibility index (Phi) is 3.50. The molecule has 1 aliphatic carbocycles. The van der Waals surface area contributed by atoms with Gasteiger partial charge in [0.1, 0.15) is 0 Å². The first kappa shape index (κ1) is 11.9. The van der Waals surface area contributed by atoms with E-state index in [1.165, 1.54) is 12.8 Å². The molecule has 0 aromatic carbocycles. The lowest BCUT2D eigenvalue weighted by atomic mass is 10.0. The van der Waals surface area contributed by atoms with Gasteiger partial charge in [-0.25, -0.2) is 0 Å². The molecule has 1 N–H and O–H groups in total. The quantitative estimate of drug-likeness (QED) is 0.777. The second-order valence-corrected chi connectivity index (χ2v) is 5.33. The van der Waals surface area contributed by atoms with Gasteiger partial charge in [0.25, 0.3) is 0 Å². The molecule has 1 saturated carbocycles. The number of aliphatic carboxylic acids is 1. The molecule has 0 radical (unpaired) electrons. The summed E-state index contributed by atoms with van der Waals surface area (Å²) >= 11 is 0. The molecule has 16 heavy (non-hydrogen) atoms. The van der Waals surface area contributed by atoms with Crippen molar-refractivity contribution in [3.05, 3.63) is 0 Å². The van der Waals surface area contributed by atoms with Crippen LogP contribution >= 0.6 is 0 Å². The highest BCUT2D eigenvalue weighted by molar-refractivity contribution is 5.66. The summed E-state index contributed by atoms with van der Waals surface area (Å²) in [5.41, 5.74) is 0. The second-order valence-electron chi connectivity index (χ2n) is 5.33. The monoisotopic (exact) mass is 226 g/mol. The zero-order valence-electron chi connectivity index (χ0n) is 10.2. The van der Waals surface area contributed by atoms with E-state index >= 15 is 0 Å². The minimum absolute atomic E-state index is 0.300. The van der Waals surface area contributed by atoms with Crippen LogP contribution < -0.4 is 0 Å². The molecule has 0 aromatic heterocycles. The van der Waals surface area contributed by atoms with E-state index in [0.717, 1.165) is 25.6 Å². The summed E-state index contributed by atoms with van der Waals surface area (Å²) in [5.74, 6) is -0.670. The van der Waals surface area contributed by atoms with Crippen molar-refractivity contribution < 1.29 is 9.90 Å². The van der Waals surface area contributed by atoms with Gasteiger partial charge in [-0.1, -0.05) is 0 Å². The van der Waals surface area contributed by atoms with Gasteiger partial charge in [-0.05, 0) is 33.2 Å². The third-order valence-electron chi connectivity index (χ3n) is 3.69. The summed E-state index contributed by atoms with van der Waals surface area (Å²) in [6, 6.07) is 1.75. The highest BCUT2D eigenvalue weighted by Gasteiger charge is 2.40. The molecular formula is C12H22N2O2. The number of likely N-dealkylation sites (N-methyl/N-ethyl adjacent to an activating group) is 1. The maximum atomic E-state index is 10.7. The molecule has 2 rings (SSSR count). The van der Waals surface area contributed by atoms with Gasteiger partial charge in [-0.2, -0.15) is 0 Å². The Morgan fingerprint density at radius 1 is 1.38 bits per heavy atom. The molecule has 0 bridgehead atoms. The molecule has 2 fully saturated rings. The van der Waals surface area contributed by atoms with Gasteiger partial charge >= 0.3 is 5.97 Å². The number of carboxylic acid groups (broad SMARTS) is 1. The molecule has 92 valence electrons. The molecule has 4 nitrogen and oxygen atoms in total. The van der Waals surface area contributed by atoms with Crippen LogP contribution in [-0.2, 0) is 4.79 Å². The maximum Gasteiger partial charge on any atom is 0.303 e. The number of carboxylic acids is 1. The van der Waals surface area contributed by atoms with Crippen molar-refractivity contribution in [1.29, 1.82) is 0 Å². The Balaban J connectivity index is 1.96. The Morgan fingerprint density at radius 2 is 2.06 bits per heavy atom. The summed E-state index contributed by atoms with van der Waals surface area (Å²) in [4.78, 5) is 15.6. The van der Waals surface area contributed by atoms with E-state index in [4.69, 9.17) is 5.11 Å². The van der Waals surface area contributed by atoms with Gasteiger partial charge in [0.15, 0.2) is 0 Å². The van der Waals surface area contributed by atoms with E-state index in [1.807, 2.05) is 0 Å². The highest BCUT2D eigenvalue weighted by Crippen LogP contribution is 2.33. The molecule has 1 aliphatic heterocycles. The van der Waals surface area contributed by atoms with E-state index in [9.17, 15) is 4.79 Å². The molecular weight excluding hydrogens is 204 g/mol. The highest BCUT2D eigenvalue weighted by atomic mass is 16.4. The first-order chi connectivity index (χ1) is 7.58. The van der Waals surface area contributed by atoms with Crippen molar-refractivity contribution in [2.75, 3.05) is 20.1 Å².